The number of nitrogens with zero attached hydrogens (tertiary/aromatic N) is 2. The van der Waals surface area contributed by atoms with Crippen LogP contribution in [0.1, 0.15) is 28.3 Å². The Morgan fingerprint density at radius 3 is 2.74 bits per heavy atom. The minimum absolute atomic E-state index is 0.0389. The highest BCUT2D eigenvalue weighted by molar-refractivity contribution is 6.31. The lowest BCUT2D eigenvalue weighted by molar-refractivity contribution is -0.136. The molecule has 0 unspecified atom stereocenters. The van der Waals surface area contributed by atoms with Crippen LogP contribution in [0.15, 0.2) is 71.1 Å². The second kappa shape index (κ2) is 8.28. The Labute approximate surface area is 183 Å². The number of pyridine rings is 2. The maximum Gasteiger partial charge on any atom is 0.340 e. The van der Waals surface area contributed by atoms with Crippen LogP contribution in [0.25, 0.3) is 0 Å². The summed E-state index contributed by atoms with van der Waals surface area (Å²) in [6.07, 6.45) is 3.37. The highest BCUT2D eigenvalue weighted by atomic mass is 35.5. The van der Waals surface area contributed by atoms with E-state index in [0.29, 0.717) is 28.6 Å². The number of aromatic nitrogens is 2. The first-order chi connectivity index (χ1) is 14.9. The van der Waals surface area contributed by atoms with E-state index in [1.807, 2.05) is 19.1 Å². The number of methoxy groups -OCH3 is 1. The number of rotatable bonds is 4. The first-order valence-electron chi connectivity index (χ1n) is 9.55. The van der Waals surface area contributed by atoms with Crippen LogP contribution >= 0.6 is 11.6 Å². The van der Waals surface area contributed by atoms with Gasteiger partial charge in [-0.25, -0.2) is 4.79 Å². The molecule has 4 rings (SSSR count). The smallest absolute Gasteiger partial charge is 0.340 e. The average Bonchev–Trinajstić information content (AvgIpc) is 2.76. The Morgan fingerprint density at radius 1 is 1.29 bits per heavy atom. The van der Waals surface area contributed by atoms with Gasteiger partial charge in [-0.15, -0.1) is 0 Å². The number of carbonyl (C=O) groups is 1. The largest absolute Gasteiger partial charge is 0.465 e. The third kappa shape index (κ3) is 3.68. The van der Waals surface area contributed by atoms with Crippen molar-refractivity contribution < 1.29 is 14.3 Å². The van der Waals surface area contributed by atoms with Crippen molar-refractivity contribution in [2.75, 3.05) is 7.11 Å². The lowest BCUT2D eigenvalue weighted by Gasteiger charge is -2.29. The predicted octanol–water partition coefficient (Wildman–Crippen LogP) is 3.12. The molecule has 0 fully saturated rings. The van der Waals surface area contributed by atoms with E-state index in [0.717, 1.165) is 5.56 Å². The molecule has 1 aromatic carbocycles. The number of hydrogen-bond acceptors (Lipinski definition) is 6. The van der Waals surface area contributed by atoms with Crippen LogP contribution in [-0.4, -0.2) is 22.6 Å². The Balaban J connectivity index is 1.97. The van der Waals surface area contributed by atoms with Gasteiger partial charge >= 0.3 is 5.97 Å². The van der Waals surface area contributed by atoms with Gasteiger partial charge in [0.2, 0.25) is 5.88 Å². The van der Waals surface area contributed by atoms with Crippen LogP contribution in [0.5, 0.6) is 5.75 Å². The number of aryl methyl sites for hydroxylation is 1. The lowest BCUT2D eigenvalue weighted by Crippen LogP contribution is -2.35. The van der Waals surface area contributed by atoms with Gasteiger partial charge in [0.05, 0.1) is 25.1 Å². The summed E-state index contributed by atoms with van der Waals surface area (Å²) in [7, 11) is 1.25. The van der Waals surface area contributed by atoms with Gasteiger partial charge in [-0.05, 0) is 30.2 Å². The Morgan fingerprint density at radius 2 is 2.06 bits per heavy atom. The van der Waals surface area contributed by atoms with Gasteiger partial charge in [0, 0.05) is 29.2 Å². The van der Waals surface area contributed by atoms with Crippen molar-refractivity contribution in [3.63, 3.8) is 0 Å². The van der Waals surface area contributed by atoms with Gasteiger partial charge in [0.1, 0.15) is 11.3 Å². The molecule has 158 valence electrons. The molecule has 7 nitrogen and oxygen atoms in total. The highest BCUT2D eigenvalue weighted by Crippen LogP contribution is 2.43. The van der Waals surface area contributed by atoms with Gasteiger partial charge in [0.15, 0.2) is 0 Å². The zero-order valence-corrected chi connectivity index (χ0v) is 17.7. The third-order valence-electron chi connectivity index (χ3n) is 5.25. The normalized spacial score (nSPS) is 15.3. The first-order valence-corrected chi connectivity index (χ1v) is 9.93. The van der Waals surface area contributed by atoms with E-state index in [9.17, 15) is 9.59 Å². The highest BCUT2D eigenvalue weighted by Gasteiger charge is 2.39. The van der Waals surface area contributed by atoms with E-state index in [1.165, 1.54) is 7.11 Å². The zero-order valence-electron chi connectivity index (χ0n) is 17.0. The van der Waals surface area contributed by atoms with Crippen molar-refractivity contribution in [2.24, 2.45) is 5.73 Å². The SMILES string of the molecule is COC(=O)C1=C(N)Oc2cc(C)n(Cc3cccnc3)c(=O)c2[C@@H]1c1ccccc1Cl. The Bertz CT molecular complexity index is 1250. The Hall–Kier alpha value is -3.58. The second-order valence-electron chi connectivity index (χ2n) is 7.14. The zero-order chi connectivity index (χ0) is 22.1. The molecule has 31 heavy (non-hydrogen) atoms. The summed E-state index contributed by atoms with van der Waals surface area (Å²) >= 11 is 6.46. The monoisotopic (exact) mass is 437 g/mol. The number of hydrogen-bond donors (Lipinski definition) is 1. The molecule has 8 heteroatoms. The Kier molecular flexibility index (Phi) is 5.52. The molecule has 0 aliphatic carbocycles. The number of esters is 1. The van der Waals surface area contributed by atoms with Gasteiger partial charge in [-0.2, -0.15) is 0 Å². The van der Waals surface area contributed by atoms with Crippen molar-refractivity contribution in [1.82, 2.24) is 9.55 Å². The standard InChI is InChI=1S/C23H20ClN3O4/c1-13-10-17-19(22(28)27(13)12-14-6-5-9-26-11-14)18(15-7-3-4-8-16(15)24)20(21(25)31-17)23(29)30-2/h3-11,18H,12,25H2,1-2H3/t18-/m0/s1. The molecule has 0 radical (unpaired) electrons. The minimum Gasteiger partial charge on any atom is -0.465 e. The summed E-state index contributed by atoms with van der Waals surface area (Å²) in [4.78, 5) is 30.5. The van der Waals surface area contributed by atoms with Gasteiger partial charge in [-0.1, -0.05) is 35.9 Å². The minimum atomic E-state index is -0.835. The molecular formula is C23H20ClN3O4. The van der Waals surface area contributed by atoms with Crippen LogP contribution < -0.4 is 16.0 Å². The van der Waals surface area contributed by atoms with E-state index < -0.39 is 11.9 Å². The quantitative estimate of drug-likeness (QED) is 0.630. The molecule has 2 aromatic heterocycles. The lowest BCUT2D eigenvalue weighted by atomic mass is 9.83. The molecule has 0 spiro atoms. The second-order valence-corrected chi connectivity index (χ2v) is 7.55. The van der Waals surface area contributed by atoms with E-state index in [4.69, 9.17) is 26.8 Å². The van der Waals surface area contributed by atoms with Crippen molar-refractivity contribution in [3.8, 4) is 5.75 Å². The molecule has 1 aliphatic rings. The van der Waals surface area contributed by atoms with Crippen LogP contribution in [0.3, 0.4) is 0 Å². The topological polar surface area (TPSA) is 96.4 Å². The van der Waals surface area contributed by atoms with Crippen LogP contribution in [0.2, 0.25) is 5.02 Å². The van der Waals surface area contributed by atoms with E-state index >= 15 is 0 Å². The summed E-state index contributed by atoms with van der Waals surface area (Å²) < 4.78 is 12.3. The van der Waals surface area contributed by atoms with Crippen molar-refractivity contribution in [1.29, 1.82) is 0 Å². The van der Waals surface area contributed by atoms with E-state index in [2.05, 4.69) is 4.98 Å². The van der Waals surface area contributed by atoms with E-state index in [1.54, 1.807) is 47.3 Å². The molecule has 0 saturated carbocycles. The number of ether oxygens (including phenoxy) is 2. The predicted molar refractivity (Wildman–Crippen MR) is 116 cm³/mol. The summed E-state index contributed by atoms with van der Waals surface area (Å²) in [6, 6.07) is 12.4. The average molecular weight is 438 g/mol. The molecule has 3 heterocycles. The van der Waals surface area contributed by atoms with Gasteiger partial charge in [-0.3, -0.25) is 9.78 Å². The fourth-order valence-corrected chi connectivity index (χ4v) is 4.03. The molecule has 0 bridgehead atoms. The number of carbonyl (C=O) groups excluding carboxylic acids is 1. The van der Waals surface area contributed by atoms with Crippen LogP contribution in [0, 0.1) is 6.92 Å². The van der Waals surface area contributed by atoms with Gasteiger partial charge in [0.25, 0.3) is 5.56 Å². The number of fused-ring (bicyclic) bond motifs is 1. The number of benzene rings is 1. The molecule has 1 atom stereocenters. The van der Waals surface area contributed by atoms with Crippen molar-refractivity contribution >= 4 is 17.6 Å². The van der Waals surface area contributed by atoms with Crippen LogP contribution in [0.4, 0.5) is 0 Å². The fraction of sp³-hybridized carbons (Fsp3) is 0.174. The summed E-state index contributed by atoms with van der Waals surface area (Å²) in [5.74, 6) is -1.35. The molecule has 1 aliphatic heterocycles. The van der Waals surface area contributed by atoms with Crippen LogP contribution in [-0.2, 0) is 16.1 Å². The summed E-state index contributed by atoms with van der Waals surface area (Å²) in [5, 5.41) is 0.397. The maximum absolute atomic E-state index is 13.7. The molecule has 0 amide bonds. The number of nitrogens with two attached hydrogens (primary N) is 1. The molecule has 2 N–H and O–H groups in total. The van der Waals surface area contributed by atoms with Crippen molar-refractivity contribution in [2.45, 2.75) is 19.4 Å². The first kappa shape index (κ1) is 20.7. The third-order valence-corrected chi connectivity index (χ3v) is 5.60. The molecular weight excluding hydrogens is 418 g/mol. The molecule has 0 saturated heterocycles. The van der Waals surface area contributed by atoms with E-state index in [-0.39, 0.29) is 22.6 Å². The fourth-order valence-electron chi connectivity index (χ4n) is 3.79. The molecule has 3 aromatic rings. The van der Waals surface area contributed by atoms with Crippen molar-refractivity contribution in [3.05, 3.63) is 104 Å². The number of halogens is 1. The maximum atomic E-state index is 13.7. The summed E-state index contributed by atoms with van der Waals surface area (Å²) in [6.45, 7) is 2.12. The summed E-state index contributed by atoms with van der Waals surface area (Å²) in [5.41, 5.74) is 8.22. The van der Waals surface area contributed by atoms with Gasteiger partial charge < -0.3 is 19.8 Å².